The van der Waals surface area contributed by atoms with Crippen LogP contribution in [0.15, 0.2) is 48.5 Å². The van der Waals surface area contributed by atoms with Crippen LogP contribution < -0.4 is 15.6 Å². The van der Waals surface area contributed by atoms with Crippen LogP contribution in [0.5, 0.6) is 5.75 Å². The Morgan fingerprint density at radius 3 is 2.32 bits per heavy atom. The number of ether oxygens (including phenoxy) is 2. The van der Waals surface area contributed by atoms with E-state index in [4.69, 9.17) is 9.47 Å². The van der Waals surface area contributed by atoms with Gasteiger partial charge in [-0.25, -0.2) is 4.79 Å². The van der Waals surface area contributed by atoms with E-state index < -0.39 is 34.5 Å². The van der Waals surface area contributed by atoms with Gasteiger partial charge in [-0.15, -0.1) is 0 Å². The highest BCUT2D eigenvalue weighted by atomic mass is 16.6. The first-order chi connectivity index (χ1) is 13.3. The van der Waals surface area contributed by atoms with E-state index in [1.807, 2.05) is 0 Å². The maximum Gasteiger partial charge on any atom is 0.339 e. The van der Waals surface area contributed by atoms with Crippen molar-refractivity contribution in [3.8, 4) is 5.75 Å². The molecular weight excluding hydrogens is 370 g/mol. The number of hydrogen-bond donors (Lipinski definition) is 2. The number of nitro benzene ring substituents is 1. The van der Waals surface area contributed by atoms with E-state index in [1.54, 1.807) is 30.3 Å². The van der Waals surface area contributed by atoms with Crippen LogP contribution in [0, 0.1) is 10.1 Å². The lowest BCUT2D eigenvalue weighted by atomic mass is 10.2. The molecule has 10 nitrogen and oxygen atoms in total. The monoisotopic (exact) mass is 387 g/mol. The Hall–Kier alpha value is -3.95. The molecule has 0 saturated heterocycles. The van der Waals surface area contributed by atoms with Crippen molar-refractivity contribution in [3.63, 3.8) is 0 Å². The van der Waals surface area contributed by atoms with Crippen molar-refractivity contribution in [1.29, 1.82) is 0 Å². The predicted octanol–water partition coefficient (Wildman–Crippen LogP) is 1.61. The van der Waals surface area contributed by atoms with Crippen LogP contribution in [0.2, 0.25) is 0 Å². The Morgan fingerprint density at radius 2 is 1.71 bits per heavy atom. The average Bonchev–Trinajstić information content (AvgIpc) is 2.71. The minimum Gasteiger partial charge on any atom is -0.490 e. The number of carbonyl (C=O) groups is 3. The minimum absolute atomic E-state index is 0.0176. The summed E-state index contributed by atoms with van der Waals surface area (Å²) in [7, 11) is 1.26. The Labute approximate surface area is 159 Å². The number of nitrogens with one attached hydrogen (secondary N) is 2. The van der Waals surface area contributed by atoms with Crippen molar-refractivity contribution in [2.75, 3.05) is 7.11 Å². The topological polar surface area (TPSA) is 137 Å². The van der Waals surface area contributed by atoms with Crippen molar-refractivity contribution in [1.82, 2.24) is 10.9 Å². The summed E-state index contributed by atoms with van der Waals surface area (Å²) in [6.07, 6.45) is -1.26. The lowest BCUT2D eigenvalue weighted by Gasteiger charge is -2.14. The molecule has 1 atom stereocenters. The second kappa shape index (κ2) is 9.12. The summed E-state index contributed by atoms with van der Waals surface area (Å²) >= 11 is 0. The van der Waals surface area contributed by atoms with Crippen LogP contribution in [-0.2, 0) is 9.53 Å². The molecule has 0 heterocycles. The number of nitrogens with zero attached hydrogens (tertiary/aromatic N) is 1. The summed E-state index contributed by atoms with van der Waals surface area (Å²) in [5.41, 5.74) is 4.13. The number of amides is 2. The second-order valence-electron chi connectivity index (χ2n) is 5.50. The van der Waals surface area contributed by atoms with E-state index >= 15 is 0 Å². The average molecular weight is 387 g/mol. The van der Waals surface area contributed by atoms with Gasteiger partial charge in [-0.1, -0.05) is 18.2 Å². The molecule has 2 amide bonds. The third-order valence-electron chi connectivity index (χ3n) is 3.60. The van der Waals surface area contributed by atoms with Gasteiger partial charge in [0, 0.05) is 11.6 Å². The lowest BCUT2D eigenvalue weighted by molar-refractivity contribution is -0.385. The van der Waals surface area contributed by atoms with Crippen LogP contribution in [0.3, 0.4) is 0 Å². The summed E-state index contributed by atoms with van der Waals surface area (Å²) in [5, 5.41) is 11.0. The Morgan fingerprint density at radius 1 is 1.04 bits per heavy atom. The minimum atomic E-state index is -1.26. The highest BCUT2D eigenvalue weighted by Gasteiger charge is 2.23. The van der Waals surface area contributed by atoms with Crippen molar-refractivity contribution in [2.24, 2.45) is 0 Å². The van der Waals surface area contributed by atoms with Crippen molar-refractivity contribution < 1.29 is 28.8 Å². The van der Waals surface area contributed by atoms with Crippen LogP contribution in [0.1, 0.15) is 27.6 Å². The number of rotatable bonds is 6. The molecule has 0 fully saturated rings. The summed E-state index contributed by atoms with van der Waals surface area (Å²) < 4.78 is 9.83. The summed E-state index contributed by atoms with van der Waals surface area (Å²) in [6.45, 7) is 1.29. The molecule has 0 radical (unpaired) electrons. The Balaban J connectivity index is 1.96. The SMILES string of the molecule is COc1ccc(C(=O)O[C@H](C)C(=O)NNC(=O)c2ccccc2)cc1[N+](=O)[O-]. The van der Waals surface area contributed by atoms with Crippen molar-refractivity contribution in [3.05, 3.63) is 69.8 Å². The quantitative estimate of drug-likeness (QED) is 0.436. The van der Waals surface area contributed by atoms with E-state index in [-0.39, 0.29) is 11.3 Å². The van der Waals surface area contributed by atoms with E-state index in [0.29, 0.717) is 5.56 Å². The van der Waals surface area contributed by atoms with Gasteiger partial charge in [-0.05, 0) is 31.2 Å². The van der Waals surface area contributed by atoms with Gasteiger partial charge in [0.15, 0.2) is 11.9 Å². The lowest BCUT2D eigenvalue weighted by Crippen LogP contribution is -2.46. The molecule has 0 bridgehead atoms. The van der Waals surface area contributed by atoms with Crippen LogP contribution >= 0.6 is 0 Å². The first-order valence-corrected chi connectivity index (χ1v) is 8.02. The zero-order valence-corrected chi connectivity index (χ0v) is 15.0. The molecular formula is C18H17N3O7. The molecule has 0 aliphatic heterocycles. The van der Waals surface area contributed by atoms with Crippen LogP contribution in [-0.4, -0.2) is 35.9 Å². The van der Waals surface area contributed by atoms with Gasteiger partial charge >= 0.3 is 11.7 Å². The molecule has 28 heavy (non-hydrogen) atoms. The molecule has 0 saturated carbocycles. The van der Waals surface area contributed by atoms with Gasteiger partial charge in [-0.2, -0.15) is 0 Å². The van der Waals surface area contributed by atoms with Crippen molar-refractivity contribution in [2.45, 2.75) is 13.0 Å². The van der Waals surface area contributed by atoms with Gasteiger partial charge in [-0.3, -0.25) is 30.6 Å². The normalized spacial score (nSPS) is 11.1. The van der Waals surface area contributed by atoms with Gasteiger partial charge in [0.05, 0.1) is 17.6 Å². The van der Waals surface area contributed by atoms with E-state index in [1.165, 1.54) is 26.2 Å². The Kier molecular flexibility index (Phi) is 6.63. The second-order valence-corrected chi connectivity index (χ2v) is 5.50. The van der Waals surface area contributed by atoms with E-state index in [0.717, 1.165) is 6.07 Å². The molecule has 0 spiro atoms. The fourth-order valence-electron chi connectivity index (χ4n) is 2.12. The summed E-state index contributed by atoms with van der Waals surface area (Å²) in [6, 6.07) is 11.7. The number of benzene rings is 2. The van der Waals surface area contributed by atoms with Gasteiger partial charge in [0.1, 0.15) is 0 Å². The van der Waals surface area contributed by atoms with Gasteiger partial charge < -0.3 is 9.47 Å². The third kappa shape index (κ3) is 5.04. The largest absolute Gasteiger partial charge is 0.490 e. The number of hydrazine groups is 1. The van der Waals surface area contributed by atoms with E-state index in [9.17, 15) is 24.5 Å². The standard InChI is InChI=1S/C18H17N3O7/c1-11(16(22)19-20-17(23)12-6-4-3-5-7-12)28-18(24)13-8-9-15(27-2)14(10-13)21(25)26/h3-11H,1-2H3,(H,19,22)(H,20,23)/t11-/m1/s1. The zero-order chi connectivity index (χ0) is 20.7. The molecule has 10 heteroatoms. The molecule has 2 aromatic rings. The van der Waals surface area contributed by atoms with Gasteiger partial charge in [0.2, 0.25) is 0 Å². The maximum atomic E-state index is 12.1. The highest BCUT2D eigenvalue weighted by molar-refractivity contribution is 5.96. The number of hydrogen-bond acceptors (Lipinski definition) is 7. The first-order valence-electron chi connectivity index (χ1n) is 8.02. The zero-order valence-electron chi connectivity index (χ0n) is 15.0. The molecule has 2 rings (SSSR count). The molecule has 2 aromatic carbocycles. The molecule has 2 N–H and O–H groups in total. The maximum absolute atomic E-state index is 12.1. The predicted molar refractivity (Wildman–Crippen MR) is 96.6 cm³/mol. The number of nitro groups is 1. The fourth-order valence-corrected chi connectivity index (χ4v) is 2.12. The number of carbonyl (C=O) groups excluding carboxylic acids is 3. The summed E-state index contributed by atoms with van der Waals surface area (Å²) in [5.74, 6) is -2.28. The summed E-state index contributed by atoms with van der Waals surface area (Å²) in [4.78, 5) is 46.3. The van der Waals surface area contributed by atoms with Crippen LogP contribution in [0.25, 0.3) is 0 Å². The van der Waals surface area contributed by atoms with Gasteiger partial charge in [0.25, 0.3) is 11.8 Å². The molecule has 0 aromatic heterocycles. The molecule has 0 unspecified atom stereocenters. The number of methoxy groups -OCH3 is 1. The Bertz CT molecular complexity index is 899. The van der Waals surface area contributed by atoms with Crippen molar-refractivity contribution >= 4 is 23.5 Å². The molecule has 0 aliphatic rings. The molecule has 0 aliphatic carbocycles. The molecule has 146 valence electrons. The first kappa shape index (κ1) is 20.4. The van der Waals surface area contributed by atoms with Crippen LogP contribution in [0.4, 0.5) is 5.69 Å². The number of esters is 1. The fraction of sp³-hybridized carbons (Fsp3) is 0.167. The highest BCUT2D eigenvalue weighted by Crippen LogP contribution is 2.27. The third-order valence-corrected chi connectivity index (χ3v) is 3.60. The van der Waals surface area contributed by atoms with E-state index in [2.05, 4.69) is 10.9 Å². The smallest absolute Gasteiger partial charge is 0.339 e.